The molecule has 8 heteroatoms. The van der Waals surface area contributed by atoms with Crippen LogP contribution < -0.4 is 0 Å². The maximum atomic E-state index is 12.0. The Morgan fingerprint density at radius 1 is 0.750 bits per heavy atom. The van der Waals surface area contributed by atoms with E-state index in [1.807, 2.05) is 0 Å². The van der Waals surface area contributed by atoms with E-state index in [1.54, 1.807) is 0 Å². The van der Waals surface area contributed by atoms with Crippen LogP contribution in [0.15, 0.2) is 48.5 Å². The average molecular weight is 328 g/mol. The van der Waals surface area contributed by atoms with Crippen molar-refractivity contribution in [3.05, 3.63) is 79.9 Å². The summed E-state index contributed by atoms with van der Waals surface area (Å²) in [6.45, 7) is 0. The Labute approximate surface area is 136 Å². The average Bonchev–Trinajstić information content (AvgIpc) is 2.59. The molecule has 0 aromatic heterocycles. The molecule has 0 amide bonds. The van der Waals surface area contributed by atoms with Crippen LogP contribution in [0.25, 0.3) is 0 Å². The normalized spacial score (nSPS) is 10.2. The molecule has 0 bridgehead atoms. The molecule has 0 saturated heterocycles. The van der Waals surface area contributed by atoms with Crippen molar-refractivity contribution in [2.75, 3.05) is 0 Å². The number of rotatable bonds is 7. The van der Waals surface area contributed by atoms with Crippen LogP contribution in [0, 0.1) is 20.2 Å². The number of Topliss-reactive ketones (excluding diaryl/α,β-unsaturated/α-hetero) is 2. The van der Waals surface area contributed by atoms with E-state index >= 15 is 0 Å². The highest BCUT2D eigenvalue weighted by Gasteiger charge is 2.15. The van der Waals surface area contributed by atoms with Gasteiger partial charge in [0.15, 0.2) is 11.6 Å². The van der Waals surface area contributed by atoms with Gasteiger partial charge in [-0.15, -0.1) is 0 Å². The first-order valence-corrected chi connectivity index (χ1v) is 6.94. The maximum Gasteiger partial charge on any atom is 0.270 e. The minimum Gasteiger partial charge on any atom is -0.294 e. The van der Waals surface area contributed by atoms with Crippen LogP contribution in [0.1, 0.15) is 33.6 Å². The van der Waals surface area contributed by atoms with Gasteiger partial charge in [-0.3, -0.25) is 29.8 Å². The second-order valence-corrected chi connectivity index (χ2v) is 4.96. The zero-order valence-electron chi connectivity index (χ0n) is 12.4. The van der Waals surface area contributed by atoms with Crippen molar-refractivity contribution < 1.29 is 19.4 Å². The monoisotopic (exact) mass is 328 g/mol. The maximum absolute atomic E-state index is 12.0. The molecule has 0 atom stereocenters. The van der Waals surface area contributed by atoms with Crippen LogP contribution in [-0.4, -0.2) is 21.4 Å². The SMILES string of the molecule is O=C(CCC(=O)c1cccc([N+](=O)[O-])c1)c1cccc([N+](=O)[O-])c1. The molecule has 122 valence electrons. The Kier molecular flexibility index (Phi) is 5.10. The van der Waals surface area contributed by atoms with Crippen molar-refractivity contribution in [3.8, 4) is 0 Å². The van der Waals surface area contributed by atoms with E-state index < -0.39 is 21.4 Å². The third-order valence-electron chi connectivity index (χ3n) is 3.34. The van der Waals surface area contributed by atoms with Crippen molar-refractivity contribution in [3.63, 3.8) is 0 Å². The number of nitrogens with zero attached hydrogens (tertiary/aromatic N) is 2. The highest BCUT2D eigenvalue weighted by Crippen LogP contribution is 2.18. The predicted octanol–water partition coefficient (Wildman–Crippen LogP) is 3.35. The fraction of sp³-hybridized carbons (Fsp3) is 0.125. The molecule has 0 unspecified atom stereocenters. The Balaban J connectivity index is 2.05. The van der Waals surface area contributed by atoms with Gasteiger partial charge in [0.1, 0.15) is 0 Å². The highest BCUT2D eigenvalue weighted by molar-refractivity contribution is 6.02. The minimum atomic E-state index is -0.606. The number of nitro benzene ring substituents is 2. The molecule has 0 N–H and O–H groups in total. The molecule has 0 fully saturated rings. The zero-order chi connectivity index (χ0) is 17.7. The van der Waals surface area contributed by atoms with Crippen molar-refractivity contribution >= 4 is 22.9 Å². The van der Waals surface area contributed by atoms with E-state index in [0.29, 0.717) is 0 Å². The van der Waals surface area contributed by atoms with Gasteiger partial charge in [0.05, 0.1) is 9.85 Å². The molecule has 0 aliphatic heterocycles. The highest BCUT2D eigenvalue weighted by atomic mass is 16.6. The van der Waals surface area contributed by atoms with E-state index in [-0.39, 0.29) is 35.3 Å². The van der Waals surface area contributed by atoms with E-state index in [0.717, 1.165) is 12.1 Å². The number of hydrogen-bond acceptors (Lipinski definition) is 6. The lowest BCUT2D eigenvalue weighted by Gasteiger charge is -2.02. The number of ketones is 2. The summed E-state index contributed by atoms with van der Waals surface area (Å²) in [7, 11) is 0. The van der Waals surface area contributed by atoms with Crippen LogP contribution in [0.2, 0.25) is 0 Å². The number of non-ortho nitro benzene ring substituents is 2. The molecule has 8 nitrogen and oxygen atoms in total. The molecular formula is C16H12N2O6. The van der Waals surface area contributed by atoms with Gasteiger partial charge in [0.2, 0.25) is 0 Å². The number of carbonyl (C=O) groups excluding carboxylic acids is 2. The summed E-state index contributed by atoms with van der Waals surface area (Å²) in [4.78, 5) is 44.3. The molecule has 0 aliphatic carbocycles. The molecule has 2 rings (SSSR count). The molecule has 2 aromatic rings. The van der Waals surface area contributed by atoms with Crippen LogP contribution in [-0.2, 0) is 0 Å². The quantitative estimate of drug-likeness (QED) is 0.436. The van der Waals surface area contributed by atoms with Gasteiger partial charge in [0, 0.05) is 48.2 Å². The smallest absolute Gasteiger partial charge is 0.270 e. The number of nitro groups is 2. The summed E-state index contributed by atoms with van der Waals surface area (Å²) in [6, 6.07) is 10.5. The number of benzene rings is 2. The number of carbonyl (C=O) groups is 2. The first-order valence-electron chi connectivity index (χ1n) is 6.94. The largest absolute Gasteiger partial charge is 0.294 e. The number of hydrogen-bond donors (Lipinski definition) is 0. The molecule has 2 aromatic carbocycles. The van der Waals surface area contributed by atoms with Crippen molar-refractivity contribution in [1.82, 2.24) is 0 Å². The summed E-state index contributed by atoms with van der Waals surface area (Å²) < 4.78 is 0. The van der Waals surface area contributed by atoms with Crippen LogP contribution >= 0.6 is 0 Å². The second-order valence-electron chi connectivity index (χ2n) is 4.96. The fourth-order valence-electron chi connectivity index (χ4n) is 2.10. The van der Waals surface area contributed by atoms with Crippen molar-refractivity contribution in [2.24, 2.45) is 0 Å². The third-order valence-corrected chi connectivity index (χ3v) is 3.34. The van der Waals surface area contributed by atoms with E-state index in [9.17, 15) is 29.8 Å². The predicted molar refractivity (Wildman–Crippen MR) is 84.1 cm³/mol. The van der Waals surface area contributed by atoms with Gasteiger partial charge in [-0.2, -0.15) is 0 Å². The zero-order valence-corrected chi connectivity index (χ0v) is 12.4. The lowest BCUT2D eigenvalue weighted by molar-refractivity contribution is -0.385. The summed E-state index contributed by atoms with van der Waals surface area (Å²) in [5, 5.41) is 21.4. The summed E-state index contributed by atoms with van der Waals surface area (Å²) in [6.07, 6.45) is -0.272. The molecule has 0 aliphatic rings. The molecule has 0 saturated carbocycles. The van der Waals surface area contributed by atoms with Gasteiger partial charge < -0.3 is 0 Å². The molecule has 0 heterocycles. The minimum absolute atomic E-state index is 0.136. The fourth-order valence-corrected chi connectivity index (χ4v) is 2.10. The Morgan fingerprint density at radius 3 is 1.46 bits per heavy atom. The van der Waals surface area contributed by atoms with Gasteiger partial charge in [0.25, 0.3) is 11.4 Å². The van der Waals surface area contributed by atoms with Crippen molar-refractivity contribution in [2.45, 2.75) is 12.8 Å². The molecule has 24 heavy (non-hydrogen) atoms. The summed E-state index contributed by atoms with van der Waals surface area (Å²) in [5.41, 5.74) is -0.108. The Hall–Kier alpha value is -3.42. The van der Waals surface area contributed by atoms with E-state index in [4.69, 9.17) is 0 Å². The van der Waals surface area contributed by atoms with Crippen LogP contribution in [0.3, 0.4) is 0 Å². The summed E-state index contributed by atoms with van der Waals surface area (Å²) in [5.74, 6) is -0.810. The van der Waals surface area contributed by atoms with E-state index in [1.165, 1.54) is 36.4 Å². The molecular weight excluding hydrogens is 316 g/mol. The topological polar surface area (TPSA) is 120 Å². The lowest BCUT2D eigenvalue weighted by atomic mass is 10.0. The first kappa shape index (κ1) is 16.9. The third kappa shape index (κ3) is 4.07. The standard InChI is InChI=1S/C16H12N2O6/c19-15(11-3-1-5-13(9-11)17(21)22)7-8-16(20)12-4-2-6-14(10-12)18(23)24/h1-6,9-10H,7-8H2. The first-order chi connectivity index (χ1) is 11.4. The van der Waals surface area contributed by atoms with Gasteiger partial charge in [-0.25, -0.2) is 0 Å². The van der Waals surface area contributed by atoms with Crippen molar-refractivity contribution in [1.29, 1.82) is 0 Å². The van der Waals surface area contributed by atoms with Crippen LogP contribution in [0.4, 0.5) is 11.4 Å². The Morgan fingerprint density at radius 2 is 1.12 bits per heavy atom. The summed E-state index contributed by atoms with van der Waals surface area (Å²) >= 11 is 0. The molecule has 0 spiro atoms. The van der Waals surface area contributed by atoms with E-state index in [2.05, 4.69) is 0 Å². The second kappa shape index (κ2) is 7.23. The lowest BCUT2D eigenvalue weighted by Crippen LogP contribution is -2.06. The van der Waals surface area contributed by atoms with Gasteiger partial charge in [-0.05, 0) is 0 Å². The molecule has 0 radical (unpaired) electrons. The Bertz CT molecular complexity index is 761. The van der Waals surface area contributed by atoms with Crippen LogP contribution in [0.5, 0.6) is 0 Å². The van der Waals surface area contributed by atoms with Gasteiger partial charge in [-0.1, -0.05) is 24.3 Å². The van der Waals surface area contributed by atoms with Gasteiger partial charge >= 0.3 is 0 Å².